The van der Waals surface area contributed by atoms with E-state index in [9.17, 15) is 0 Å². The fourth-order valence-corrected chi connectivity index (χ4v) is 1.96. The summed E-state index contributed by atoms with van der Waals surface area (Å²) in [6.07, 6.45) is 3.04. The highest BCUT2D eigenvalue weighted by atomic mass is 14.8. The molecule has 21 heavy (non-hydrogen) atoms. The molecule has 0 amide bonds. The van der Waals surface area contributed by atoms with Gasteiger partial charge in [-0.25, -0.2) is 0 Å². The lowest BCUT2D eigenvalue weighted by molar-refractivity contribution is 0.734. The first-order chi connectivity index (χ1) is 10.2. The first-order valence-electron chi connectivity index (χ1n) is 7.72. The maximum Gasteiger partial charge on any atom is 0.0340 e. The zero-order valence-corrected chi connectivity index (χ0v) is 13.5. The molecule has 0 fully saturated rings. The lowest BCUT2D eigenvalue weighted by Gasteiger charge is -2.10. The van der Waals surface area contributed by atoms with E-state index < -0.39 is 0 Å². The van der Waals surface area contributed by atoms with Crippen LogP contribution in [0.5, 0.6) is 0 Å². The van der Waals surface area contributed by atoms with E-state index in [0.29, 0.717) is 5.92 Å². The van der Waals surface area contributed by atoms with E-state index in [2.05, 4.69) is 56.9 Å². The van der Waals surface area contributed by atoms with Crippen LogP contribution in [-0.2, 0) is 0 Å². The second kappa shape index (κ2) is 9.82. The van der Waals surface area contributed by atoms with Gasteiger partial charge in [-0.2, -0.15) is 0 Å². The molecule has 0 saturated carbocycles. The van der Waals surface area contributed by atoms with Gasteiger partial charge in [0.05, 0.1) is 0 Å². The third-order valence-corrected chi connectivity index (χ3v) is 3.51. The van der Waals surface area contributed by atoms with Crippen LogP contribution in [0.25, 0.3) is 6.08 Å². The van der Waals surface area contributed by atoms with E-state index in [4.69, 9.17) is 0 Å². The van der Waals surface area contributed by atoms with Crippen LogP contribution in [0.2, 0.25) is 0 Å². The van der Waals surface area contributed by atoms with Crippen LogP contribution in [0.4, 0.5) is 5.69 Å². The van der Waals surface area contributed by atoms with E-state index in [1.807, 2.05) is 36.4 Å². The molecule has 1 unspecified atom stereocenters. The maximum atomic E-state index is 3.63. The van der Waals surface area contributed by atoms with Gasteiger partial charge < -0.3 is 5.32 Å². The van der Waals surface area contributed by atoms with Gasteiger partial charge in [0.2, 0.25) is 0 Å². The van der Waals surface area contributed by atoms with Crippen molar-refractivity contribution in [1.29, 1.82) is 0 Å². The third-order valence-electron chi connectivity index (χ3n) is 3.51. The topological polar surface area (TPSA) is 12.0 Å². The molecule has 0 aliphatic rings. The Hall–Kier alpha value is -2.02. The smallest absolute Gasteiger partial charge is 0.0340 e. The van der Waals surface area contributed by atoms with E-state index in [0.717, 1.165) is 6.54 Å². The molecule has 0 aliphatic carbocycles. The minimum Gasteiger partial charge on any atom is -0.385 e. The molecule has 112 valence electrons. The lowest BCUT2D eigenvalue weighted by atomic mass is 9.99. The summed E-state index contributed by atoms with van der Waals surface area (Å²) in [7, 11) is 0. The summed E-state index contributed by atoms with van der Waals surface area (Å²) in [5, 5.41) is 3.29. The van der Waals surface area contributed by atoms with Crippen molar-refractivity contribution in [3.05, 3.63) is 72.3 Å². The minimum atomic E-state index is 0.677. The van der Waals surface area contributed by atoms with E-state index in [1.54, 1.807) is 0 Å². The van der Waals surface area contributed by atoms with Crippen LogP contribution in [0, 0.1) is 0 Å². The lowest BCUT2D eigenvalue weighted by Crippen LogP contribution is -1.97. The Labute approximate surface area is 129 Å². The molecular weight excluding hydrogens is 254 g/mol. The van der Waals surface area contributed by atoms with Gasteiger partial charge in [0.1, 0.15) is 0 Å². The summed E-state index contributed by atoms with van der Waals surface area (Å²) >= 11 is 0. The Kier molecular flexibility index (Phi) is 7.96. The number of rotatable bonds is 5. The third kappa shape index (κ3) is 6.31. The molecule has 0 radical (unpaired) electrons. The number of hydrogen-bond acceptors (Lipinski definition) is 1. The molecule has 1 N–H and O–H groups in total. The second-order valence-electron chi connectivity index (χ2n) is 5.08. The van der Waals surface area contributed by atoms with Crippen LogP contribution >= 0.6 is 0 Å². The average molecular weight is 281 g/mol. The van der Waals surface area contributed by atoms with E-state index >= 15 is 0 Å². The molecule has 1 heteroatoms. The van der Waals surface area contributed by atoms with Crippen LogP contribution < -0.4 is 5.32 Å². The molecule has 2 aromatic rings. The van der Waals surface area contributed by atoms with Gasteiger partial charge in [0, 0.05) is 12.2 Å². The highest BCUT2D eigenvalue weighted by Gasteiger charge is 2.01. The SMILES string of the molecule is C=Cc1ccccc1.CCNc1ccc(C(C)CC)cc1. The summed E-state index contributed by atoms with van der Waals surface area (Å²) < 4.78 is 0. The summed E-state index contributed by atoms with van der Waals surface area (Å²) in [6, 6.07) is 18.8. The van der Waals surface area contributed by atoms with Crippen molar-refractivity contribution in [2.45, 2.75) is 33.1 Å². The van der Waals surface area contributed by atoms with E-state index in [-0.39, 0.29) is 0 Å². The van der Waals surface area contributed by atoms with Gasteiger partial charge in [-0.05, 0) is 42.5 Å². The van der Waals surface area contributed by atoms with E-state index in [1.165, 1.54) is 23.2 Å². The van der Waals surface area contributed by atoms with Crippen molar-refractivity contribution >= 4 is 11.8 Å². The summed E-state index contributed by atoms with van der Waals surface area (Å²) in [6.45, 7) is 11.2. The number of anilines is 1. The molecule has 2 rings (SSSR count). The van der Waals surface area contributed by atoms with Crippen molar-refractivity contribution < 1.29 is 0 Å². The fourth-order valence-electron chi connectivity index (χ4n) is 1.96. The Morgan fingerprint density at radius 1 is 1.00 bits per heavy atom. The Morgan fingerprint density at radius 2 is 1.62 bits per heavy atom. The number of hydrogen-bond donors (Lipinski definition) is 1. The van der Waals surface area contributed by atoms with Crippen LogP contribution in [-0.4, -0.2) is 6.54 Å². The van der Waals surface area contributed by atoms with Gasteiger partial charge in [-0.15, -0.1) is 0 Å². The van der Waals surface area contributed by atoms with Crippen molar-refractivity contribution in [1.82, 2.24) is 0 Å². The van der Waals surface area contributed by atoms with Gasteiger partial charge in [-0.3, -0.25) is 0 Å². The number of benzene rings is 2. The fraction of sp³-hybridized carbons (Fsp3) is 0.300. The average Bonchev–Trinajstić information content (AvgIpc) is 2.56. The van der Waals surface area contributed by atoms with Gasteiger partial charge in [0.25, 0.3) is 0 Å². The maximum absolute atomic E-state index is 3.63. The second-order valence-corrected chi connectivity index (χ2v) is 5.08. The first-order valence-corrected chi connectivity index (χ1v) is 7.72. The molecule has 0 spiro atoms. The van der Waals surface area contributed by atoms with Gasteiger partial charge >= 0.3 is 0 Å². The first kappa shape index (κ1) is 17.0. The van der Waals surface area contributed by atoms with Crippen molar-refractivity contribution in [2.24, 2.45) is 0 Å². The zero-order chi connectivity index (χ0) is 15.5. The quantitative estimate of drug-likeness (QED) is 0.712. The normalized spacial score (nSPS) is 11.0. The van der Waals surface area contributed by atoms with Crippen LogP contribution in [0.3, 0.4) is 0 Å². The monoisotopic (exact) mass is 281 g/mol. The predicted molar refractivity (Wildman–Crippen MR) is 95.8 cm³/mol. The summed E-state index contributed by atoms with van der Waals surface area (Å²) in [5.74, 6) is 0.677. The van der Waals surface area contributed by atoms with Gasteiger partial charge in [0.15, 0.2) is 0 Å². The minimum absolute atomic E-state index is 0.677. The van der Waals surface area contributed by atoms with Crippen molar-refractivity contribution in [2.75, 3.05) is 11.9 Å². The van der Waals surface area contributed by atoms with Crippen molar-refractivity contribution in [3.8, 4) is 0 Å². The molecule has 0 bridgehead atoms. The van der Waals surface area contributed by atoms with Crippen molar-refractivity contribution in [3.63, 3.8) is 0 Å². The van der Waals surface area contributed by atoms with Crippen LogP contribution in [0.1, 0.15) is 44.2 Å². The standard InChI is InChI=1S/C12H19N.C8H8/c1-4-10(3)11-6-8-12(9-7-11)13-5-2;1-2-8-6-4-3-5-7-8/h6-10,13H,4-5H2,1-3H3;2-7H,1H2. The molecule has 1 atom stereocenters. The van der Waals surface area contributed by atoms with Crippen LogP contribution in [0.15, 0.2) is 61.2 Å². The molecule has 0 saturated heterocycles. The zero-order valence-electron chi connectivity index (χ0n) is 13.5. The summed E-state index contributed by atoms with van der Waals surface area (Å²) in [4.78, 5) is 0. The number of nitrogens with one attached hydrogen (secondary N) is 1. The molecular formula is C20H27N. The molecule has 2 aromatic carbocycles. The Balaban J connectivity index is 0.000000235. The predicted octanol–water partition coefficient (Wildman–Crippen LogP) is 5.96. The molecule has 1 nitrogen and oxygen atoms in total. The Morgan fingerprint density at radius 3 is 2.05 bits per heavy atom. The molecule has 0 aliphatic heterocycles. The highest BCUT2D eigenvalue weighted by Crippen LogP contribution is 2.20. The Bertz CT molecular complexity index is 499. The highest BCUT2D eigenvalue weighted by molar-refractivity contribution is 5.46. The molecule has 0 heterocycles. The molecule has 0 aromatic heterocycles. The largest absolute Gasteiger partial charge is 0.385 e. The van der Waals surface area contributed by atoms with Gasteiger partial charge in [-0.1, -0.05) is 69.0 Å². The summed E-state index contributed by atoms with van der Waals surface area (Å²) in [5.41, 5.74) is 3.83.